The highest BCUT2D eigenvalue weighted by atomic mass is 16.5. The summed E-state index contributed by atoms with van der Waals surface area (Å²) in [6, 6.07) is 6.18. The topological polar surface area (TPSA) is 113 Å². The number of aryl methyl sites for hydroxylation is 1. The number of rotatable bonds is 7. The summed E-state index contributed by atoms with van der Waals surface area (Å²) in [5, 5.41) is 2.51. The summed E-state index contributed by atoms with van der Waals surface area (Å²) in [7, 11) is 2.40. The molecule has 0 spiro atoms. The molecule has 31 heavy (non-hydrogen) atoms. The zero-order valence-corrected chi connectivity index (χ0v) is 17.8. The van der Waals surface area contributed by atoms with Crippen molar-refractivity contribution in [3.63, 3.8) is 0 Å². The fraction of sp³-hybridized carbons (Fsp3) is 0.364. The lowest BCUT2D eigenvalue weighted by Gasteiger charge is -2.10. The van der Waals surface area contributed by atoms with Gasteiger partial charge in [0, 0.05) is 23.1 Å². The number of methoxy groups -OCH3 is 2. The molecule has 0 saturated heterocycles. The Bertz CT molecular complexity index is 1020. The average Bonchev–Trinajstić information content (AvgIpc) is 3.54. The van der Waals surface area contributed by atoms with E-state index in [1.807, 2.05) is 13.8 Å². The molecule has 1 aromatic carbocycles. The smallest absolute Gasteiger partial charge is 0.340 e. The van der Waals surface area contributed by atoms with Crippen LogP contribution in [0.3, 0.4) is 0 Å². The first kappa shape index (κ1) is 22.1. The Morgan fingerprint density at radius 1 is 0.935 bits per heavy atom. The van der Waals surface area contributed by atoms with Gasteiger partial charge in [-0.2, -0.15) is 0 Å². The Kier molecular flexibility index (Phi) is 6.43. The van der Waals surface area contributed by atoms with E-state index >= 15 is 0 Å². The summed E-state index contributed by atoms with van der Waals surface area (Å²) in [6.07, 6.45) is 2.18. The van der Waals surface area contributed by atoms with Crippen molar-refractivity contribution in [2.75, 3.05) is 26.1 Å². The molecule has 1 aliphatic rings. The first-order valence-electron chi connectivity index (χ1n) is 9.72. The maximum absolute atomic E-state index is 12.5. The summed E-state index contributed by atoms with van der Waals surface area (Å²) < 4.78 is 16.6. The Hall–Kier alpha value is -3.62. The van der Waals surface area contributed by atoms with E-state index in [0.717, 1.165) is 24.2 Å². The Labute approximate surface area is 179 Å². The van der Waals surface area contributed by atoms with E-state index in [1.54, 1.807) is 6.07 Å². The highest BCUT2D eigenvalue weighted by Crippen LogP contribution is 2.38. The Balaban J connectivity index is 1.68. The number of carbonyl (C=O) groups excluding carboxylic acids is 4. The van der Waals surface area contributed by atoms with Crippen LogP contribution in [0.25, 0.3) is 0 Å². The second-order valence-electron chi connectivity index (χ2n) is 7.29. The van der Waals surface area contributed by atoms with Crippen LogP contribution in [-0.2, 0) is 19.0 Å². The monoisotopic (exact) mass is 428 g/mol. The molecule has 0 aliphatic heterocycles. The van der Waals surface area contributed by atoms with E-state index in [4.69, 9.17) is 4.74 Å². The molecule has 9 heteroatoms. The molecule has 0 radical (unpaired) electrons. The van der Waals surface area contributed by atoms with Crippen molar-refractivity contribution in [3.05, 3.63) is 52.3 Å². The van der Waals surface area contributed by atoms with Crippen LogP contribution in [0.4, 0.5) is 5.69 Å². The molecule has 1 fully saturated rings. The van der Waals surface area contributed by atoms with Crippen LogP contribution in [0.1, 0.15) is 61.3 Å². The maximum atomic E-state index is 12.5. The summed E-state index contributed by atoms with van der Waals surface area (Å²) >= 11 is 0. The van der Waals surface area contributed by atoms with Crippen molar-refractivity contribution in [1.29, 1.82) is 0 Å². The van der Waals surface area contributed by atoms with E-state index in [-0.39, 0.29) is 16.8 Å². The first-order chi connectivity index (χ1) is 14.7. The van der Waals surface area contributed by atoms with E-state index < -0.39 is 30.4 Å². The largest absolute Gasteiger partial charge is 0.465 e. The van der Waals surface area contributed by atoms with Gasteiger partial charge in [0.15, 0.2) is 6.61 Å². The molecule has 164 valence electrons. The van der Waals surface area contributed by atoms with Crippen molar-refractivity contribution < 1.29 is 33.4 Å². The highest BCUT2D eigenvalue weighted by Gasteiger charge is 2.29. The first-order valence-corrected chi connectivity index (χ1v) is 9.72. The Morgan fingerprint density at radius 3 is 2.03 bits per heavy atom. The van der Waals surface area contributed by atoms with Crippen LogP contribution >= 0.6 is 0 Å². The van der Waals surface area contributed by atoms with E-state index in [2.05, 4.69) is 19.4 Å². The van der Waals surface area contributed by atoms with Crippen LogP contribution in [0.15, 0.2) is 24.3 Å². The van der Waals surface area contributed by atoms with Gasteiger partial charge < -0.3 is 24.1 Å². The van der Waals surface area contributed by atoms with Gasteiger partial charge in [-0.25, -0.2) is 14.4 Å². The SMILES string of the molecule is COC(=O)c1cc(NC(=O)COC(=O)c2cc(C)n(C3CC3)c2C)cc(C(=O)OC)c1. The number of carbonyl (C=O) groups is 4. The normalized spacial score (nSPS) is 12.8. The van der Waals surface area contributed by atoms with Gasteiger partial charge in [0.05, 0.1) is 30.9 Å². The van der Waals surface area contributed by atoms with Gasteiger partial charge in [0.2, 0.25) is 0 Å². The molecular weight excluding hydrogens is 404 g/mol. The molecule has 1 heterocycles. The fourth-order valence-corrected chi connectivity index (χ4v) is 3.46. The molecule has 9 nitrogen and oxygen atoms in total. The average molecular weight is 428 g/mol. The number of ether oxygens (including phenoxy) is 3. The predicted molar refractivity (Wildman–Crippen MR) is 110 cm³/mol. The number of esters is 3. The predicted octanol–water partition coefficient (Wildman–Crippen LogP) is 2.81. The quantitative estimate of drug-likeness (QED) is 0.533. The molecule has 2 aromatic rings. The van der Waals surface area contributed by atoms with Crippen LogP contribution in [0.5, 0.6) is 0 Å². The minimum atomic E-state index is -0.682. The molecule has 1 aliphatic carbocycles. The zero-order chi connectivity index (χ0) is 22.7. The minimum Gasteiger partial charge on any atom is -0.465 e. The second-order valence-corrected chi connectivity index (χ2v) is 7.29. The number of aromatic nitrogens is 1. The summed E-state index contributed by atoms with van der Waals surface area (Å²) in [5.74, 6) is -2.58. The number of amides is 1. The van der Waals surface area contributed by atoms with Crippen molar-refractivity contribution in [1.82, 2.24) is 4.57 Å². The number of nitrogens with zero attached hydrogens (tertiary/aromatic N) is 1. The van der Waals surface area contributed by atoms with E-state index in [0.29, 0.717) is 11.6 Å². The molecule has 0 unspecified atom stereocenters. The lowest BCUT2D eigenvalue weighted by molar-refractivity contribution is -0.119. The molecule has 0 atom stereocenters. The third-order valence-corrected chi connectivity index (χ3v) is 5.01. The van der Waals surface area contributed by atoms with Crippen LogP contribution < -0.4 is 5.32 Å². The summed E-state index contributed by atoms with van der Waals surface area (Å²) in [5.41, 5.74) is 2.51. The fourth-order valence-electron chi connectivity index (χ4n) is 3.46. The lowest BCUT2D eigenvalue weighted by atomic mass is 10.1. The molecule has 3 rings (SSSR count). The summed E-state index contributed by atoms with van der Waals surface area (Å²) in [4.78, 5) is 48.4. The minimum absolute atomic E-state index is 0.0604. The van der Waals surface area contributed by atoms with Crippen LogP contribution in [0, 0.1) is 13.8 Å². The molecule has 1 aromatic heterocycles. The van der Waals surface area contributed by atoms with Gasteiger partial charge >= 0.3 is 17.9 Å². The Morgan fingerprint density at radius 2 is 1.52 bits per heavy atom. The number of anilines is 1. The number of nitrogens with one attached hydrogen (secondary N) is 1. The number of hydrogen-bond donors (Lipinski definition) is 1. The standard InChI is InChI=1S/C22H24N2O7/c1-12-7-18(13(2)24(12)17-5-6-17)22(28)31-11-19(25)23-16-9-14(20(26)29-3)8-15(10-16)21(27)30-4/h7-10,17H,5-6,11H2,1-4H3,(H,23,25). The highest BCUT2D eigenvalue weighted by molar-refractivity contribution is 6.00. The lowest BCUT2D eigenvalue weighted by Crippen LogP contribution is -2.21. The van der Waals surface area contributed by atoms with Gasteiger partial charge in [0.1, 0.15) is 0 Å². The number of benzene rings is 1. The molecule has 1 N–H and O–H groups in total. The molecule has 0 bridgehead atoms. The third kappa shape index (κ3) is 4.93. The van der Waals surface area contributed by atoms with Gasteiger partial charge in [0.25, 0.3) is 5.91 Å². The van der Waals surface area contributed by atoms with Gasteiger partial charge in [-0.3, -0.25) is 4.79 Å². The van der Waals surface area contributed by atoms with Crippen molar-refractivity contribution in [3.8, 4) is 0 Å². The van der Waals surface area contributed by atoms with Gasteiger partial charge in [-0.05, 0) is 51.0 Å². The van der Waals surface area contributed by atoms with Gasteiger partial charge in [-0.15, -0.1) is 0 Å². The van der Waals surface area contributed by atoms with Crippen molar-refractivity contribution in [2.45, 2.75) is 32.7 Å². The van der Waals surface area contributed by atoms with Crippen LogP contribution in [0.2, 0.25) is 0 Å². The maximum Gasteiger partial charge on any atom is 0.340 e. The van der Waals surface area contributed by atoms with Crippen molar-refractivity contribution in [2.24, 2.45) is 0 Å². The third-order valence-electron chi connectivity index (χ3n) is 5.01. The van der Waals surface area contributed by atoms with E-state index in [9.17, 15) is 19.2 Å². The second kappa shape index (κ2) is 9.03. The van der Waals surface area contributed by atoms with Crippen LogP contribution in [-0.4, -0.2) is 49.2 Å². The zero-order valence-electron chi connectivity index (χ0n) is 17.8. The molecule has 1 amide bonds. The van der Waals surface area contributed by atoms with Crippen molar-refractivity contribution >= 4 is 29.5 Å². The molecule has 1 saturated carbocycles. The van der Waals surface area contributed by atoms with Gasteiger partial charge in [-0.1, -0.05) is 0 Å². The summed E-state index contributed by atoms with van der Waals surface area (Å²) in [6.45, 7) is 3.26. The van der Waals surface area contributed by atoms with E-state index in [1.165, 1.54) is 32.4 Å². The number of hydrogen-bond acceptors (Lipinski definition) is 7. The molecular formula is C22H24N2O7.